The third kappa shape index (κ3) is 5.43. The van der Waals surface area contributed by atoms with Crippen LogP contribution in [-0.4, -0.2) is 18.7 Å². The van der Waals surface area contributed by atoms with Crippen molar-refractivity contribution in [2.45, 2.75) is 6.92 Å². The molecule has 5 heteroatoms. The summed E-state index contributed by atoms with van der Waals surface area (Å²) in [5.74, 6) is 0.332. The fourth-order valence-corrected chi connectivity index (χ4v) is 2.57. The van der Waals surface area contributed by atoms with Gasteiger partial charge >= 0.3 is 0 Å². The van der Waals surface area contributed by atoms with Crippen LogP contribution in [0.3, 0.4) is 0 Å². The van der Waals surface area contributed by atoms with Crippen LogP contribution in [0.5, 0.6) is 5.75 Å². The van der Waals surface area contributed by atoms with Crippen molar-refractivity contribution < 1.29 is 9.53 Å². The second kappa shape index (κ2) is 9.01. The summed E-state index contributed by atoms with van der Waals surface area (Å²) in [6.07, 6.45) is 1.72. The number of carbonyl (C=O) groups excluding carboxylic acids is 1. The van der Waals surface area contributed by atoms with Crippen molar-refractivity contribution in [3.8, 4) is 5.75 Å². The zero-order valence-corrected chi connectivity index (χ0v) is 15.6. The number of rotatable bonds is 6. The lowest BCUT2D eigenvalue weighted by Gasteiger charge is -2.10. The van der Waals surface area contributed by atoms with Gasteiger partial charge in [0.2, 0.25) is 0 Å². The SMILES string of the molecule is Cc1ccc(NC(=O)COc2ccccc2C=Nc2ccccc2)cc1Cl. The number of ether oxygens (including phenoxy) is 1. The maximum atomic E-state index is 12.2. The van der Waals surface area contributed by atoms with E-state index in [1.54, 1.807) is 18.3 Å². The van der Waals surface area contributed by atoms with Crippen LogP contribution in [0.4, 0.5) is 11.4 Å². The zero-order valence-electron chi connectivity index (χ0n) is 14.9. The Balaban J connectivity index is 1.63. The predicted octanol–water partition coefficient (Wildman–Crippen LogP) is 5.42. The smallest absolute Gasteiger partial charge is 0.262 e. The Labute approximate surface area is 163 Å². The molecule has 1 amide bonds. The molecular formula is C22H19ClN2O2. The molecule has 0 aliphatic carbocycles. The van der Waals surface area contributed by atoms with E-state index in [9.17, 15) is 4.79 Å². The Kier molecular flexibility index (Phi) is 6.23. The van der Waals surface area contributed by atoms with Crippen LogP contribution in [-0.2, 0) is 4.79 Å². The predicted molar refractivity (Wildman–Crippen MR) is 110 cm³/mol. The quantitative estimate of drug-likeness (QED) is 0.582. The first-order chi connectivity index (χ1) is 13.1. The summed E-state index contributed by atoms with van der Waals surface area (Å²) in [5.41, 5.74) is 3.24. The van der Waals surface area contributed by atoms with Crippen molar-refractivity contribution in [3.63, 3.8) is 0 Å². The van der Waals surface area contributed by atoms with Crippen molar-refractivity contribution in [3.05, 3.63) is 88.9 Å². The number of nitrogens with one attached hydrogen (secondary N) is 1. The van der Waals surface area contributed by atoms with E-state index in [-0.39, 0.29) is 12.5 Å². The van der Waals surface area contributed by atoms with Crippen molar-refractivity contribution >= 4 is 35.1 Å². The van der Waals surface area contributed by atoms with Gasteiger partial charge in [-0.2, -0.15) is 0 Å². The molecule has 3 aromatic rings. The van der Waals surface area contributed by atoms with E-state index in [0.717, 1.165) is 16.8 Å². The fraction of sp³-hybridized carbons (Fsp3) is 0.0909. The Morgan fingerprint density at radius 1 is 1.07 bits per heavy atom. The second-order valence-corrected chi connectivity index (χ2v) is 6.34. The minimum Gasteiger partial charge on any atom is -0.483 e. The fourth-order valence-electron chi connectivity index (χ4n) is 2.39. The lowest BCUT2D eigenvalue weighted by molar-refractivity contribution is -0.118. The molecule has 27 heavy (non-hydrogen) atoms. The number of hydrogen-bond donors (Lipinski definition) is 1. The highest BCUT2D eigenvalue weighted by atomic mass is 35.5. The molecule has 4 nitrogen and oxygen atoms in total. The highest BCUT2D eigenvalue weighted by Gasteiger charge is 2.07. The zero-order chi connectivity index (χ0) is 19.1. The molecule has 1 N–H and O–H groups in total. The van der Waals surface area contributed by atoms with Gasteiger partial charge in [0.25, 0.3) is 5.91 Å². The van der Waals surface area contributed by atoms with Crippen LogP contribution in [0, 0.1) is 6.92 Å². The minimum absolute atomic E-state index is 0.109. The summed E-state index contributed by atoms with van der Waals surface area (Å²) in [6, 6.07) is 22.5. The van der Waals surface area contributed by atoms with Gasteiger partial charge in [-0.1, -0.05) is 48.0 Å². The molecule has 0 fully saturated rings. The summed E-state index contributed by atoms with van der Waals surface area (Å²) >= 11 is 6.08. The molecule has 0 spiro atoms. The third-order valence-electron chi connectivity index (χ3n) is 3.84. The number of halogens is 1. The lowest BCUT2D eigenvalue weighted by atomic mass is 10.2. The molecule has 0 aliphatic rings. The molecule has 0 unspecified atom stereocenters. The molecule has 0 radical (unpaired) electrons. The number of aryl methyl sites for hydroxylation is 1. The Morgan fingerprint density at radius 3 is 2.59 bits per heavy atom. The van der Waals surface area contributed by atoms with Gasteiger partial charge in [0.05, 0.1) is 5.69 Å². The number of nitrogens with zero attached hydrogens (tertiary/aromatic N) is 1. The van der Waals surface area contributed by atoms with Crippen LogP contribution >= 0.6 is 11.6 Å². The van der Waals surface area contributed by atoms with E-state index in [1.165, 1.54) is 0 Å². The van der Waals surface area contributed by atoms with E-state index in [2.05, 4.69) is 10.3 Å². The van der Waals surface area contributed by atoms with Gasteiger partial charge in [-0.3, -0.25) is 9.79 Å². The second-order valence-electron chi connectivity index (χ2n) is 5.93. The minimum atomic E-state index is -0.260. The maximum absolute atomic E-state index is 12.2. The molecule has 3 rings (SSSR count). The molecule has 0 aromatic heterocycles. The van der Waals surface area contributed by atoms with Crippen LogP contribution < -0.4 is 10.1 Å². The van der Waals surface area contributed by atoms with E-state index < -0.39 is 0 Å². The number of para-hydroxylation sites is 2. The first-order valence-electron chi connectivity index (χ1n) is 8.49. The van der Waals surface area contributed by atoms with Gasteiger partial charge in [0, 0.05) is 22.5 Å². The van der Waals surface area contributed by atoms with E-state index in [1.807, 2.05) is 67.6 Å². The monoisotopic (exact) mass is 378 g/mol. The first-order valence-corrected chi connectivity index (χ1v) is 8.86. The largest absolute Gasteiger partial charge is 0.483 e. The molecule has 0 aliphatic heterocycles. The molecule has 3 aromatic carbocycles. The number of aliphatic imine (C=N–C) groups is 1. The van der Waals surface area contributed by atoms with Crippen LogP contribution in [0.15, 0.2) is 77.8 Å². The van der Waals surface area contributed by atoms with E-state index >= 15 is 0 Å². The van der Waals surface area contributed by atoms with E-state index in [0.29, 0.717) is 16.5 Å². The number of hydrogen-bond acceptors (Lipinski definition) is 3. The number of amides is 1. The summed E-state index contributed by atoms with van der Waals surface area (Å²) < 4.78 is 5.68. The number of anilines is 1. The highest BCUT2D eigenvalue weighted by molar-refractivity contribution is 6.31. The number of benzene rings is 3. The standard InChI is InChI=1S/C22H19ClN2O2/c1-16-11-12-19(13-20(16)23)25-22(26)15-27-21-10-6-5-7-17(21)14-24-18-8-3-2-4-9-18/h2-14H,15H2,1H3,(H,25,26). The van der Waals surface area contributed by atoms with Crippen molar-refractivity contribution in [1.29, 1.82) is 0 Å². The topological polar surface area (TPSA) is 50.7 Å². The van der Waals surface area contributed by atoms with Crippen molar-refractivity contribution in [2.75, 3.05) is 11.9 Å². The molecule has 0 saturated heterocycles. The van der Waals surface area contributed by atoms with E-state index in [4.69, 9.17) is 16.3 Å². The van der Waals surface area contributed by atoms with Crippen LogP contribution in [0.2, 0.25) is 5.02 Å². The molecule has 0 saturated carbocycles. The molecule has 136 valence electrons. The van der Waals surface area contributed by atoms with Gasteiger partial charge in [0.15, 0.2) is 6.61 Å². The van der Waals surface area contributed by atoms with Crippen LogP contribution in [0.25, 0.3) is 0 Å². The van der Waals surface area contributed by atoms with Gasteiger partial charge in [-0.25, -0.2) is 0 Å². The maximum Gasteiger partial charge on any atom is 0.262 e. The summed E-state index contributed by atoms with van der Waals surface area (Å²) in [6.45, 7) is 1.80. The normalized spacial score (nSPS) is 10.7. The highest BCUT2D eigenvalue weighted by Crippen LogP contribution is 2.21. The lowest BCUT2D eigenvalue weighted by Crippen LogP contribution is -2.20. The summed E-state index contributed by atoms with van der Waals surface area (Å²) in [7, 11) is 0. The average Bonchev–Trinajstić information content (AvgIpc) is 2.69. The molecule has 0 bridgehead atoms. The Bertz CT molecular complexity index is 956. The molecule has 0 atom stereocenters. The summed E-state index contributed by atoms with van der Waals surface area (Å²) in [4.78, 5) is 16.6. The van der Waals surface area contributed by atoms with Crippen molar-refractivity contribution in [2.24, 2.45) is 4.99 Å². The van der Waals surface area contributed by atoms with Crippen molar-refractivity contribution in [1.82, 2.24) is 0 Å². The summed E-state index contributed by atoms with van der Waals surface area (Å²) in [5, 5.41) is 3.38. The van der Waals surface area contributed by atoms with Gasteiger partial charge in [-0.15, -0.1) is 0 Å². The van der Waals surface area contributed by atoms with Gasteiger partial charge < -0.3 is 10.1 Å². The molecular weight excluding hydrogens is 360 g/mol. The van der Waals surface area contributed by atoms with Gasteiger partial charge in [0.1, 0.15) is 5.75 Å². The Hall–Kier alpha value is -3.11. The van der Waals surface area contributed by atoms with Crippen LogP contribution in [0.1, 0.15) is 11.1 Å². The average molecular weight is 379 g/mol. The first kappa shape index (κ1) is 18.7. The Morgan fingerprint density at radius 2 is 1.81 bits per heavy atom. The number of carbonyl (C=O) groups is 1. The van der Waals surface area contributed by atoms with Gasteiger partial charge in [-0.05, 0) is 48.9 Å². The third-order valence-corrected chi connectivity index (χ3v) is 4.25. The molecule has 0 heterocycles.